The SMILES string of the molecule is Cc1cc(N)ccc1Oc1ccc(Cc2ccc(Oc3ccc(N)cc3C)cc2)cc1. The maximum absolute atomic E-state index is 5.98. The lowest BCUT2D eigenvalue weighted by Gasteiger charge is -2.11. The molecule has 4 aromatic carbocycles. The van der Waals surface area contributed by atoms with Crippen molar-refractivity contribution in [2.24, 2.45) is 0 Å². The molecule has 0 aliphatic rings. The normalized spacial score (nSPS) is 10.6. The fourth-order valence-electron chi connectivity index (χ4n) is 3.41. The van der Waals surface area contributed by atoms with Crippen LogP contribution in [-0.4, -0.2) is 0 Å². The first-order valence-electron chi connectivity index (χ1n) is 10.2. The lowest BCUT2D eigenvalue weighted by atomic mass is 10.0. The predicted octanol–water partition coefficient (Wildman–Crippen LogP) is 6.64. The van der Waals surface area contributed by atoms with Crippen molar-refractivity contribution in [2.75, 3.05) is 11.5 Å². The smallest absolute Gasteiger partial charge is 0.130 e. The summed E-state index contributed by atoms with van der Waals surface area (Å²) in [4.78, 5) is 0. The van der Waals surface area contributed by atoms with Crippen molar-refractivity contribution in [1.29, 1.82) is 0 Å². The van der Waals surface area contributed by atoms with Crippen LogP contribution in [0.5, 0.6) is 23.0 Å². The average molecular weight is 411 g/mol. The Morgan fingerprint density at radius 1 is 0.548 bits per heavy atom. The van der Waals surface area contributed by atoms with E-state index in [2.05, 4.69) is 24.3 Å². The lowest BCUT2D eigenvalue weighted by molar-refractivity contribution is 0.479. The molecule has 0 atom stereocenters. The molecular formula is C27H26N2O2. The number of hydrogen-bond donors (Lipinski definition) is 2. The molecule has 0 amide bonds. The van der Waals surface area contributed by atoms with Crippen molar-refractivity contribution in [2.45, 2.75) is 20.3 Å². The molecule has 156 valence electrons. The number of rotatable bonds is 6. The van der Waals surface area contributed by atoms with Gasteiger partial charge in [-0.2, -0.15) is 0 Å². The zero-order chi connectivity index (χ0) is 21.8. The number of benzene rings is 4. The molecule has 0 aliphatic heterocycles. The standard InChI is InChI=1S/C27H26N2O2/c1-18-15-22(28)7-13-26(18)30-24-9-3-20(4-10-24)17-21-5-11-25(12-6-21)31-27-14-8-23(29)16-19(27)2/h3-16H,17,28-29H2,1-2H3. The Hall–Kier alpha value is -3.92. The van der Waals surface area contributed by atoms with Gasteiger partial charge in [0.2, 0.25) is 0 Å². The van der Waals surface area contributed by atoms with Gasteiger partial charge in [0.1, 0.15) is 23.0 Å². The van der Waals surface area contributed by atoms with Crippen molar-refractivity contribution in [3.63, 3.8) is 0 Å². The molecule has 4 N–H and O–H groups in total. The van der Waals surface area contributed by atoms with E-state index in [1.807, 2.05) is 74.5 Å². The van der Waals surface area contributed by atoms with Gasteiger partial charge in [-0.15, -0.1) is 0 Å². The molecule has 0 aliphatic carbocycles. The first-order chi connectivity index (χ1) is 15.0. The number of hydrogen-bond acceptors (Lipinski definition) is 4. The summed E-state index contributed by atoms with van der Waals surface area (Å²) in [5, 5.41) is 0. The quantitative estimate of drug-likeness (QED) is 0.349. The van der Waals surface area contributed by atoms with Gasteiger partial charge >= 0.3 is 0 Å². The summed E-state index contributed by atoms with van der Waals surface area (Å²) in [7, 11) is 0. The number of anilines is 2. The Balaban J connectivity index is 1.39. The van der Waals surface area contributed by atoms with E-state index in [0.717, 1.165) is 51.9 Å². The van der Waals surface area contributed by atoms with Gasteiger partial charge in [0, 0.05) is 11.4 Å². The third kappa shape index (κ3) is 5.17. The Morgan fingerprint density at radius 2 is 0.935 bits per heavy atom. The molecule has 0 radical (unpaired) electrons. The molecule has 4 heteroatoms. The maximum atomic E-state index is 5.98. The third-order valence-electron chi connectivity index (χ3n) is 5.11. The number of ether oxygens (including phenoxy) is 2. The highest BCUT2D eigenvalue weighted by molar-refractivity contribution is 5.50. The van der Waals surface area contributed by atoms with Gasteiger partial charge in [-0.25, -0.2) is 0 Å². The molecular weight excluding hydrogens is 384 g/mol. The van der Waals surface area contributed by atoms with Gasteiger partial charge in [0.05, 0.1) is 0 Å². The van der Waals surface area contributed by atoms with E-state index in [9.17, 15) is 0 Å². The molecule has 0 bridgehead atoms. The van der Waals surface area contributed by atoms with Crippen molar-refractivity contribution in [1.82, 2.24) is 0 Å². The fourth-order valence-corrected chi connectivity index (χ4v) is 3.41. The summed E-state index contributed by atoms with van der Waals surface area (Å²) < 4.78 is 12.0. The van der Waals surface area contributed by atoms with E-state index in [1.165, 1.54) is 11.1 Å². The monoisotopic (exact) mass is 410 g/mol. The predicted molar refractivity (Wildman–Crippen MR) is 127 cm³/mol. The van der Waals surface area contributed by atoms with Gasteiger partial charge in [-0.3, -0.25) is 0 Å². The zero-order valence-electron chi connectivity index (χ0n) is 17.8. The van der Waals surface area contributed by atoms with Crippen molar-refractivity contribution >= 4 is 11.4 Å². The van der Waals surface area contributed by atoms with E-state index in [0.29, 0.717) is 0 Å². The minimum Gasteiger partial charge on any atom is -0.457 e. The van der Waals surface area contributed by atoms with Crippen LogP contribution in [0.25, 0.3) is 0 Å². The Morgan fingerprint density at radius 3 is 1.29 bits per heavy atom. The molecule has 0 saturated heterocycles. The minimum absolute atomic E-state index is 0.736. The molecule has 4 aromatic rings. The Labute approximate surface area is 183 Å². The van der Waals surface area contributed by atoms with Crippen LogP contribution >= 0.6 is 0 Å². The van der Waals surface area contributed by atoms with E-state index in [4.69, 9.17) is 20.9 Å². The van der Waals surface area contributed by atoms with Gasteiger partial charge in [0.15, 0.2) is 0 Å². The van der Waals surface area contributed by atoms with Gasteiger partial charge in [-0.05, 0) is 103 Å². The topological polar surface area (TPSA) is 70.5 Å². The molecule has 0 spiro atoms. The molecule has 0 aromatic heterocycles. The molecule has 0 unspecified atom stereocenters. The maximum Gasteiger partial charge on any atom is 0.130 e. The third-order valence-corrected chi connectivity index (χ3v) is 5.11. The summed E-state index contributed by atoms with van der Waals surface area (Å²) in [6.45, 7) is 3.98. The Kier molecular flexibility index (Phi) is 5.80. The molecule has 4 nitrogen and oxygen atoms in total. The fraction of sp³-hybridized carbons (Fsp3) is 0.111. The van der Waals surface area contributed by atoms with Gasteiger partial charge in [-0.1, -0.05) is 24.3 Å². The van der Waals surface area contributed by atoms with Crippen LogP contribution in [0.15, 0.2) is 84.9 Å². The van der Waals surface area contributed by atoms with Crippen LogP contribution < -0.4 is 20.9 Å². The average Bonchev–Trinajstić information content (AvgIpc) is 2.75. The molecule has 0 saturated carbocycles. The minimum atomic E-state index is 0.736. The zero-order valence-corrected chi connectivity index (χ0v) is 17.8. The first-order valence-corrected chi connectivity index (χ1v) is 10.2. The second-order valence-electron chi connectivity index (χ2n) is 7.72. The van der Waals surface area contributed by atoms with E-state index < -0.39 is 0 Å². The number of aryl methyl sites for hydroxylation is 2. The molecule has 4 rings (SSSR count). The second-order valence-corrected chi connectivity index (χ2v) is 7.72. The molecule has 31 heavy (non-hydrogen) atoms. The van der Waals surface area contributed by atoms with E-state index >= 15 is 0 Å². The highest BCUT2D eigenvalue weighted by atomic mass is 16.5. The summed E-state index contributed by atoms with van der Waals surface area (Å²) in [6, 6.07) is 27.6. The van der Waals surface area contributed by atoms with Crippen molar-refractivity contribution in [3.05, 3.63) is 107 Å². The summed E-state index contributed by atoms with van der Waals surface area (Å²) in [5.41, 5.74) is 17.5. The van der Waals surface area contributed by atoms with Crippen LogP contribution in [0.1, 0.15) is 22.3 Å². The van der Waals surface area contributed by atoms with Crippen LogP contribution in [0.4, 0.5) is 11.4 Å². The van der Waals surface area contributed by atoms with E-state index in [-0.39, 0.29) is 0 Å². The summed E-state index contributed by atoms with van der Waals surface area (Å²) in [5.74, 6) is 3.24. The summed E-state index contributed by atoms with van der Waals surface area (Å²) in [6.07, 6.45) is 0.836. The number of nitrogen functional groups attached to an aromatic ring is 2. The van der Waals surface area contributed by atoms with Crippen molar-refractivity contribution in [3.8, 4) is 23.0 Å². The van der Waals surface area contributed by atoms with Crippen LogP contribution in [0, 0.1) is 13.8 Å². The number of nitrogens with two attached hydrogens (primary N) is 2. The Bertz CT molecular complexity index is 1090. The highest BCUT2D eigenvalue weighted by Gasteiger charge is 2.05. The first kappa shape index (κ1) is 20.4. The van der Waals surface area contributed by atoms with Crippen LogP contribution in [0.2, 0.25) is 0 Å². The van der Waals surface area contributed by atoms with Crippen molar-refractivity contribution < 1.29 is 9.47 Å². The second kappa shape index (κ2) is 8.84. The van der Waals surface area contributed by atoms with Gasteiger partial charge < -0.3 is 20.9 Å². The molecule has 0 fully saturated rings. The largest absolute Gasteiger partial charge is 0.457 e. The van der Waals surface area contributed by atoms with Crippen LogP contribution in [-0.2, 0) is 6.42 Å². The van der Waals surface area contributed by atoms with Gasteiger partial charge in [0.25, 0.3) is 0 Å². The lowest BCUT2D eigenvalue weighted by Crippen LogP contribution is -1.93. The highest BCUT2D eigenvalue weighted by Crippen LogP contribution is 2.28. The molecule has 0 heterocycles. The van der Waals surface area contributed by atoms with E-state index in [1.54, 1.807) is 0 Å². The summed E-state index contributed by atoms with van der Waals surface area (Å²) >= 11 is 0. The van der Waals surface area contributed by atoms with Crippen LogP contribution in [0.3, 0.4) is 0 Å².